The van der Waals surface area contributed by atoms with Crippen molar-refractivity contribution in [2.75, 3.05) is 19.7 Å². The van der Waals surface area contributed by atoms with Gasteiger partial charge in [0.2, 0.25) is 5.88 Å². The van der Waals surface area contributed by atoms with Gasteiger partial charge in [0.1, 0.15) is 6.33 Å². The van der Waals surface area contributed by atoms with Crippen LogP contribution in [-0.2, 0) is 7.05 Å². The van der Waals surface area contributed by atoms with Crippen LogP contribution in [0.2, 0.25) is 0 Å². The molecule has 0 unspecified atom stereocenters. The van der Waals surface area contributed by atoms with Crippen LogP contribution in [0.15, 0.2) is 36.8 Å². The van der Waals surface area contributed by atoms with Crippen LogP contribution in [0.5, 0.6) is 5.88 Å². The second-order valence-electron chi connectivity index (χ2n) is 7.61. The molecule has 1 saturated heterocycles. The number of aryl methyl sites for hydroxylation is 2. The fourth-order valence-corrected chi connectivity index (χ4v) is 3.84. The largest absolute Gasteiger partial charge is 0.477 e. The van der Waals surface area contributed by atoms with Gasteiger partial charge in [-0.2, -0.15) is 0 Å². The molecule has 0 bridgehead atoms. The van der Waals surface area contributed by atoms with Crippen LogP contribution in [0.4, 0.5) is 0 Å². The molecule has 0 spiro atoms. The molecule has 0 saturated carbocycles. The van der Waals surface area contributed by atoms with E-state index in [1.165, 1.54) is 0 Å². The van der Waals surface area contributed by atoms with Crippen LogP contribution in [0.3, 0.4) is 0 Å². The molecule has 1 aromatic carbocycles. The zero-order valence-electron chi connectivity index (χ0n) is 16.7. The summed E-state index contributed by atoms with van der Waals surface area (Å²) in [5.41, 5.74) is 3.82. The summed E-state index contributed by atoms with van der Waals surface area (Å²) in [4.78, 5) is 23.4. The van der Waals surface area contributed by atoms with E-state index >= 15 is 0 Å². The number of benzene rings is 1. The van der Waals surface area contributed by atoms with Gasteiger partial charge in [0.05, 0.1) is 12.2 Å². The van der Waals surface area contributed by atoms with Gasteiger partial charge in [-0.3, -0.25) is 4.79 Å². The number of hydrogen-bond donors (Lipinski definition) is 0. The standard InChI is InChI=1S/C22H26N4O2/c1-15-16(2)23-14-24-21(15)28-13-17-8-10-26(11-9-17)22(27)19-12-25(3)20-7-5-4-6-18(19)20/h4-7,12,14,17H,8-11,13H2,1-3H3. The van der Waals surface area contributed by atoms with Crippen molar-refractivity contribution in [3.63, 3.8) is 0 Å². The van der Waals surface area contributed by atoms with Crippen molar-refractivity contribution in [3.8, 4) is 5.88 Å². The number of amides is 1. The molecule has 4 rings (SSSR count). The zero-order chi connectivity index (χ0) is 19.7. The second-order valence-corrected chi connectivity index (χ2v) is 7.61. The van der Waals surface area contributed by atoms with Gasteiger partial charge in [0.25, 0.3) is 5.91 Å². The van der Waals surface area contributed by atoms with Crippen LogP contribution < -0.4 is 4.74 Å². The van der Waals surface area contributed by atoms with E-state index in [4.69, 9.17) is 4.74 Å². The Morgan fingerprint density at radius 2 is 1.93 bits per heavy atom. The van der Waals surface area contributed by atoms with Gasteiger partial charge in [-0.1, -0.05) is 18.2 Å². The Hall–Kier alpha value is -2.89. The molecule has 0 N–H and O–H groups in total. The van der Waals surface area contributed by atoms with Crippen molar-refractivity contribution in [2.24, 2.45) is 13.0 Å². The molecule has 3 aromatic rings. The first-order valence-electron chi connectivity index (χ1n) is 9.79. The number of likely N-dealkylation sites (tertiary alicyclic amines) is 1. The molecular weight excluding hydrogens is 352 g/mol. The van der Waals surface area contributed by atoms with Gasteiger partial charge < -0.3 is 14.2 Å². The summed E-state index contributed by atoms with van der Waals surface area (Å²) >= 11 is 0. The number of ether oxygens (including phenoxy) is 1. The Morgan fingerprint density at radius 3 is 2.71 bits per heavy atom. The van der Waals surface area contributed by atoms with Crippen molar-refractivity contribution in [3.05, 3.63) is 53.6 Å². The molecule has 1 fully saturated rings. The van der Waals surface area contributed by atoms with E-state index in [9.17, 15) is 4.79 Å². The van der Waals surface area contributed by atoms with Crippen molar-refractivity contribution in [2.45, 2.75) is 26.7 Å². The topological polar surface area (TPSA) is 60.3 Å². The molecule has 6 nitrogen and oxygen atoms in total. The van der Waals surface area contributed by atoms with Crippen LogP contribution in [0, 0.1) is 19.8 Å². The highest BCUT2D eigenvalue weighted by Gasteiger charge is 2.26. The lowest BCUT2D eigenvalue weighted by molar-refractivity contribution is 0.0660. The number of hydrogen-bond acceptors (Lipinski definition) is 4. The van der Waals surface area contributed by atoms with Crippen molar-refractivity contribution >= 4 is 16.8 Å². The van der Waals surface area contributed by atoms with E-state index in [-0.39, 0.29) is 5.91 Å². The Kier molecular flexibility index (Phi) is 5.03. The first-order valence-corrected chi connectivity index (χ1v) is 9.79. The van der Waals surface area contributed by atoms with Crippen molar-refractivity contribution in [1.82, 2.24) is 19.4 Å². The molecule has 146 valence electrons. The third-order valence-corrected chi connectivity index (χ3v) is 5.77. The van der Waals surface area contributed by atoms with E-state index in [1.54, 1.807) is 6.33 Å². The van der Waals surface area contributed by atoms with E-state index in [2.05, 4.69) is 9.97 Å². The quantitative estimate of drug-likeness (QED) is 0.697. The number of carbonyl (C=O) groups excluding carboxylic acids is 1. The first-order chi connectivity index (χ1) is 13.5. The number of fused-ring (bicyclic) bond motifs is 1. The van der Waals surface area contributed by atoms with Gasteiger partial charge in [-0.25, -0.2) is 9.97 Å². The van der Waals surface area contributed by atoms with Gasteiger partial charge in [0.15, 0.2) is 0 Å². The normalized spacial score (nSPS) is 15.2. The fraction of sp³-hybridized carbons (Fsp3) is 0.409. The Balaban J connectivity index is 1.37. The lowest BCUT2D eigenvalue weighted by Gasteiger charge is -2.31. The van der Waals surface area contributed by atoms with Crippen LogP contribution in [-0.4, -0.2) is 45.0 Å². The lowest BCUT2D eigenvalue weighted by Crippen LogP contribution is -2.39. The fourth-order valence-electron chi connectivity index (χ4n) is 3.84. The lowest BCUT2D eigenvalue weighted by atomic mass is 9.97. The number of para-hydroxylation sites is 1. The second kappa shape index (κ2) is 7.62. The van der Waals surface area contributed by atoms with Crippen molar-refractivity contribution in [1.29, 1.82) is 0 Å². The summed E-state index contributed by atoms with van der Waals surface area (Å²) < 4.78 is 7.96. The molecule has 1 aliphatic rings. The average molecular weight is 378 g/mol. The maximum atomic E-state index is 13.1. The summed E-state index contributed by atoms with van der Waals surface area (Å²) in [5, 5.41) is 1.02. The summed E-state index contributed by atoms with van der Waals surface area (Å²) in [5.74, 6) is 1.23. The highest BCUT2D eigenvalue weighted by molar-refractivity contribution is 6.07. The molecule has 6 heteroatoms. The highest BCUT2D eigenvalue weighted by atomic mass is 16.5. The van der Waals surface area contributed by atoms with E-state index < -0.39 is 0 Å². The van der Waals surface area contributed by atoms with Gasteiger partial charge in [-0.05, 0) is 38.7 Å². The third kappa shape index (κ3) is 3.46. The van der Waals surface area contributed by atoms with Gasteiger partial charge >= 0.3 is 0 Å². The zero-order valence-corrected chi connectivity index (χ0v) is 16.7. The molecule has 28 heavy (non-hydrogen) atoms. The summed E-state index contributed by atoms with van der Waals surface area (Å²) in [7, 11) is 1.99. The van der Waals surface area contributed by atoms with E-state index in [0.29, 0.717) is 18.4 Å². The molecule has 1 aliphatic heterocycles. The summed E-state index contributed by atoms with van der Waals surface area (Å²) in [6, 6.07) is 8.06. The number of aromatic nitrogens is 3. The number of piperidine rings is 1. The molecule has 3 heterocycles. The van der Waals surface area contributed by atoms with Crippen molar-refractivity contribution < 1.29 is 9.53 Å². The Bertz CT molecular complexity index is 1000. The Morgan fingerprint density at radius 1 is 1.18 bits per heavy atom. The van der Waals surface area contributed by atoms with Crippen LogP contribution in [0.1, 0.15) is 34.5 Å². The van der Waals surface area contributed by atoms with E-state index in [1.807, 2.05) is 60.8 Å². The molecule has 0 atom stereocenters. The number of nitrogens with zero attached hydrogens (tertiary/aromatic N) is 4. The highest BCUT2D eigenvalue weighted by Crippen LogP contribution is 2.25. The SMILES string of the molecule is Cc1ncnc(OCC2CCN(C(=O)c3cn(C)c4ccccc34)CC2)c1C. The predicted molar refractivity (Wildman–Crippen MR) is 109 cm³/mol. The molecule has 0 aliphatic carbocycles. The summed E-state index contributed by atoms with van der Waals surface area (Å²) in [6.45, 7) is 6.10. The predicted octanol–water partition coefficient (Wildman–Crippen LogP) is 3.52. The Labute approximate surface area is 165 Å². The average Bonchev–Trinajstić information content (AvgIpc) is 3.06. The first kappa shape index (κ1) is 18.5. The molecule has 0 radical (unpaired) electrons. The number of carbonyl (C=O) groups is 1. The maximum absolute atomic E-state index is 13.1. The minimum atomic E-state index is 0.124. The molecule has 2 aromatic heterocycles. The van der Waals surface area contributed by atoms with E-state index in [0.717, 1.165) is 53.7 Å². The monoisotopic (exact) mass is 378 g/mol. The minimum Gasteiger partial charge on any atom is -0.477 e. The maximum Gasteiger partial charge on any atom is 0.256 e. The molecule has 1 amide bonds. The molecular formula is C22H26N4O2. The van der Waals surface area contributed by atoms with Crippen LogP contribution in [0.25, 0.3) is 10.9 Å². The minimum absolute atomic E-state index is 0.124. The van der Waals surface area contributed by atoms with Gasteiger partial charge in [-0.15, -0.1) is 0 Å². The van der Waals surface area contributed by atoms with Gasteiger partial charge in [0, 0.05) is 48.5 Å². The smallest absolute Gasteiger partial charge is 0.256 e. The summed E-state index contributed by atoms with van der Waals surface area (Å²) in [6.07, 6.45) is 5.38. The third-order valence-electron chi connectivity index (χ3n) is 5.77. The number of rotatable bonds is 4. The van der Waals surface area contributed by atoms with Crippen LogP contribution >= 0.6 is 0 Å².